The second-order valence-electron chi connectivity index (χ2n) is 5.35. The Morgan fingerprint density at radius 3 is 2.52 bits per heavy atom. The molecular formula is C18H21NO2. The van der Waals surface area contributed by atoms with Gasteiger partial charge in [-0.1, -0.05) is 29.8 Å². The lowest BCUT2D eigenvalue weighted by Gasteiger charge is -2.12. The average Bonchev–Trinajstić information content (AvgIpc) is 2.43. The zero-order chi connectivity index (χ0) is 15.4. The van der Waals surface area contributed by atoms with Crippen molar-refractivity contribution in [2.24, 2.45) is 0 Å². The van der Waals surface area contributed by atoms with Gasteiger partial charge < -0.3 is 10.1 Å². The standard InChI is InChI=1S/C18H21NO2/c1-12-8-9-16(14(3)10-12)19-18(20)11-21-17-7-5-6-13(2)15(17)4/h5-10H,11H2,1-4H3,(H,19,20). The van der Waals surface area contributed by atoms with E-state index in [1.54, 1.807) is 0 Å². The highest BCUT2D eigenvalue weighted by atomic mass is 16.5. The van der Waals surface area contributed by atoms with Gasteiger partial charge in [-0.15, -0.1) is 0 Å². The number of nitrogens with one attached hydrogen (secondary N) is 1. The molecule has 0 saturated heterocycles. The van der Waals surface area contributed by atoms with Crippen molar-refractivity contribution in [2.45, 2.75) is 27.7 Å². The van der Waals surface area contributed by atoms with Gasteiger partial charge >= 0.3 is 0 Å². The molecule has 0 aliphatic rings. The van der Waals surface area contributed by atoms with Crippen molar-refractivity contribution in [1.29, 1.82) is 0 Å². The summed E-state index contributed by atoms with van der Waals surface area (Å²) < 4.78 is 5.60. The maximum atomic E-state index is 12.0. The number of aryl methyl sites for hydroxylation is 3. The molecule has 0 atom stereocenters. The highest BCUT2D eigenvalue weighted by Gasteiger charge is 2.08. The maximum Gasteiger partial charge on any atom is 0.262 e. The molecule has 0 radical (unpaired) electrons. The van der Waals surface area contributed by atoms with Crippen molar-refractivity contribution in [3.05, 3.63) is 58.7 Å². The van der Waals surface area contributed by atoms with Gasteiger partial charge in [0.25, 0.3) is 5.91 Å². The Morgan fingerprint density at radius 2 is 1.81 bits per heavy atom. The number of ether oxygens (including phenoxy) is 1. The lowest BCUT2D eigenvalue weighted by molar-refractivity contribution is -0.118. The Hall–Kier alpha value is -2.29. The second-order valence-corrected chi connectivity index (χ2v) is 5.35. The van der Waals surface area contributed by atoms with Crippen molar-refractivity contribution < 1.29 is 9.53 Å². The number of hydrogen-bond acceptors (Lipinski definition) is 2. The van der Waals surface area contributed by atoms with Crippen LogP contribution in [-0.4, -0.2) is 12.5 Å². The molecule has 0 aliphatic heterocycles. The molecule has 1 amide bonds. The molecule has 21 heavy (non-hydrogen) atoms. The van der Waals surface area contributed by atoms with Crippen LogP contribution in [0.2, 0.25) is 0 Å². The highest BCUT2D eigenvalue weighted by molar-refractivity contribution is 5.92. The van der Waals surface area contributed by atoms with Crippen LogP contribution in [-0.2, 0) is 4.79 Å². The van der Waals surface area contributed by atoms with Gasteiger partial charge in [-0.2, -0.15) is 0 Å². The predicted octanol–water partition coefficient (Wildman–Crippen LogP) is 3.94. The van der Waals surface area contributed by atoms with E-state index in [9.17, 15) is 4.79 Å². The number of amides is 1. The van der Waals surface area contributed by atoms with Gasteiger partial charge in [-0.05, 0) is 56.5 Å². The molecular weight excluding hydrogens is 262 g/mol. The van der Waals surface area contributed by atoms with E-state index >= 15 is 0 Å². The number of carbonyl (C=O) groups is 1. The number of benzene rings is 2. The van der Waals surface area contributed by atoms with Gasteiger partial charge in [0.1, 0.15) is 5.75 Å². The first-order valence-electron chi connectivity index (χ1n) is 7.03. The lowest BCUT2D eigenvalue weighted by Crippen LogP contribution is -2.21. The number of hydrogen-bond donors (Lipinski definition) is 1. The molecule has 3 heteroatoms. The summed E-state index contributed by atoms with van der Waals surface area (Å²) in [6.07, 6.45) is 0. The summed E-state index contributed by atoms with van der Waals surface area (Å²) in [5, 5.41) is 2.88. The van der Waals surface area contributed by atoms with Crippen molar-refractivity contribution in [3.8, 4) is 5.75 Å². The minimum absolute atomic E-state index is 0.0115. The third kappa shape index (κ3) is 3.85. The summed E-state index contributed by atoms with van der Waals surface area (Å²) in [5.74, 6) is 0.605. The Morgan fingerprint density at radius 1 is 1.05 bits per heavy atom. The van der Waals surface area contributed by atoms with Crippen molar-refractivity contribution in [1.82, 2.24) is 0 Å². The van der Waals surface area contributed by atoms with E-state index in [0.717, 1.165) is 28.1 Å². The number of anilines is 1. The predicted molar refractivity (Wildman–Crippen MR) is 86.0 cm³/mol. The van der Waals surface area contributed by atoms with Crippen LogP contribution >= 0.6 is 0 Å². The van der Waals surface area contributed by atoms with E-state index in [-0.39, 0.29) is 12.5 Å². The summed E-state index contributed by atoms with van der Waals surface area (Å²) in [6, 6.07) is 11.8. The van der Waals surface area contributed by atoms with E-state index < -0.39 is 0 Å². The van der Waals surface area contributed by atoms with Crippen LogP contribution in [0.1, 0.15) is 22.3 Å². The van der Waals surface area contributed by atoms with Gasteiger partial charge in [0.05, 0.1) is 0 Å². The molecule has 1 N–H and O–H groups in total. The smallest absolute Gasteiger partial charge is 0.262 e. The van der Waals surface area contributed by atoms with Crippen LogP contribution in [0.4, 0.5) is 5.69 Å². The maximum absolute atomic E-state index is 12.0. The zero-order valence-electron chi connectivity index (χ0n) is 13.0. The molecule has 0 aliphatic carbocycles. The first kappa shape index (κ1) is 15.1. The van der Waals surface area contributed by atoms with Crippen LogP contribution in [0.25, 0.3) is 0 Å². The largest absolute Gasteiger partial charge is 0.483 e. The van der Waals surface area contributed by atoms with E-state index in [0.29, 0.717) is 0 Å². The minimum atomic E-state index is -0.150. The Labute approximate surface area is 126 Å². The van der Waals surface area contributed by atoms with E-state index in [4.69, 9.17) is 4.74 Å². The van der Waals surface area contributed by atoms with Crippen LogP contribution in [0, 0.1) is 27.7 Å². The summed E-state index contributed by atoms with van der Waals surface area (Å²) in [6.45, 7) is 8.04. The van der Waals surface area contributed by atoms with E-state index in [2.05, 4.69) is 5.32 Å². The second kappa shape index (κ2) is 6.44. The van der Waals surface area contributed by atoms with E-state index in [1.165, 1.54) is 5.56 Å². The molecule has 2 aromatic rings. The summed E-state index contributed by atoms with van der Waals surface area (Å²) in [5.41, 5.74) is 5.28. The summed E-state index contributed by atoms with van der Waals surface area (Å²) in [4.78, 5) is 12.0. The third-order valence-corrected chi connectivity index (χ3v) is 3.57. The first-order valence-corrected chi connectivity index (χ1v) is 7.03. The van der Waals surface area contributed by atoms with E-state index in [1.807, 2.05) is 64.1 Å². The van der Waals surface area contributed by atoms with Crippen molar-refractivity contribution in [2.75, 3.05) is 11.9 Å². The third-order valence-electron chi connectivity index (χ3n) is 3.57. The first-order chi connectivity index (χ1) is 9.97. The molecule has 110 valence electrons. The molecule has 0 unspecified atom stereocenters. The van der Waals surface area contributed by atoms with Crippen molar-refractivity contribution >= 4 is 11.6 Å². The fraction of sp³-hybridized carbons (Fsp3) is 0.278. The van der Waals surface area contributed by atoms with Crippen LogP contribution in [0.5, 0.6) is 5.75 Å². The molecule has 2 rings (SSSR count). The monoisotopic (exact) mass is 283 g/mol. The quantitative estimate of drug-likeness (QED) is 0.923. The van der Waals surface area contributed by atoms with Gasteiger partial charge in [-0.3, -0.25) is 4.79 Å². The highest BCUT2D eigenvalue weighted by Crippen LogP contribution is 2.21. The molecule has 0 aromatic heterocycles. The summed E-state index contributed by atoms with van der Waals surface area (Å²) >= 11 is 0. The number of rotatable bonds is 4. The molecule has 0 spiro atoms. The topological polar surface area (TPSA) is 38.3 Å². The Kier molecular flexibility index (Phi) is 4.63. The lowest BCUT2D eigenvalue weighted by atomic mass is 10.1. The minimum Gasteiger partial charge on any atom is -0.483 e. The average molecular weight is 283 g/mol. The number of carbonyl (C=O) groups excluding carboxylic acids is 1. The van der Waals surface area contributed by atoms with Crippen LogP contribution in [0.15, 0.2) is 36.4 Å². The molecule has 0 bridgehead atoms. The molecule has 0 saturated carbocycles. The summed E-state index contributed by atoms with van der Waals surface area (Å²) in [7, 11) is 0. The molecule has 0 heterocycles. The fourth-order valence-electron chi connectivity index (χ4n) is 2.16. The van der Waals surface area contributed by atoms with Gasteiger partial charge in [0.15, 0.2) is 6.61 Å². The SMILES string of the molecule is Cc1ccc(NC(=O)COc2cccc(C)c2C)c(C)c1. The molecule has 2 aromatic carbocycles. The zero-order valence-corrected chi connectivity index (χ0v) is 13.0. The normalized spacial score (nSPS) is 10.3. The molecule has 3 nitrogen and oxygen atoms in total. The van der Waals surface area contributed by atoms with Gasteiger partial charge in [0, 0.05) is 5.69 Å². The van der Waals surface area contributed by atoms with Crippen LogP contribution < -0.4 is 10.1 Å². The van der Waals surface area contributed by atoms with Gasteiger partial charge in [-0.25, -0.2) is 0 Å². The molecule has 0 fully saturated rings. The van der Waals surface area contributed by atoms with Gasteiger partial charge in [0.2, 0.25) is 0 Å². The Bertz CT molecular complexity index is 662. The van der Waals surface area contributed by atoms with Crippen LogP contribution in [0.3, 0.4) is 0 Å². The van der Waals surface area contributed by atoms with Crippen molar-refractivity contribution in [3.63, 3.8) is 0 Å². The Balaban J connectivity index is 1.97. The fourth-order valence-corrected chi connectivity index (χ4v) is 2.16.